The Morgan fingerprint density at radius 1 is 1.19 bits per heavy atom. The van der Waals surface area contributed by atoms with E-state index in [-0.39, 0.29) is 24.4 Å². The molecule has 1 amide bonds. The molecule has 0 aromatic heterocycles. The summed E-state index contributed by atoms with van der Waals surface area (Å²) >= 11 is 1.76. The van der Waals surface area contributed by atoms with Crippen molar-refractivity contribution < 1.29 is 4.79 Å². The lowest BCUT2D eigenvalue weighted by Gasteiger charge is -2.27. The van der Waals surface area contributed by atoms with Crippen molar-refractivity contribution in [1.29, 1.82) is 0 Å². The molecule has 6 heteroatoms. The number of likely N-dealkylation sites (tertiary alicyclic amines) is 2. The molecule has 2 saturated heterocycles. The summed E-state index contributed by atoms with van der Waals surface area (Å²) in [5.41, 5.74) is 6.03. The Balaban J connectivity index is 0.00000220. The maximum absolute atomic E-state index is 12.4. The van der Waals surface area contributed by atoms with Crippen LogP contribution in [0.1, 0.15) is 38.5 Å². The molecule has 124 valence electrons. The molecule has 2 rings (SSSR count). The Hall–Kier alpha value is 0.0300. The van der Waals surface area contributed by atoms with Gasteiger partial charge >= 0.3 is 0 Å². The molecule has 0 aromatic carbocycles. The summed E-state index contributed by atoms with van der Waals surface area (Å²) in [6.45, 7) is 4.31. The summed E-state index contributed by atoms with van der Waals surface area (Å²) in [4.78, 5) is 17.0. The van der Waals surface area contributed by atoms with Crippen molar-refractivity contribution in [2.75, 3.05) is 38.2 Å². The fourth-order valence-electron chi connectivity index (χ4n) is 3.37. The number of halogens is 1. The summed E-state index contributed by atoms with van der Waals surface area (Å²) in [6.07, 6.45) is 9.04. The van der Waals surface area contributed by atoms with Gasteiger partial charge < -0.3 is 15.5 Å². The van der Waals surface area contributed by atoms with Gasteiger partial charge in [0.05, 0.1) is 6.04 Å². The van der Waals surface area contributed by atoms with Crippen LogP contribution in [0.3, 0.4) is 0 Å². The Morgan fingerprint density at radius 2 is 1.90 bits per heavy atom. The maximum Gasteiger partial charge on any atom is 0.239 e. The van der Waals surface area contributed by atoms with Gasteiger partial charge in [0.1, 0.15) is 0 Å². The molecule has 0 radical (unpaired) electrons. The lowest BCUT2D eigenvalue weighted by Crippen LogP contribution is -2.44. The molecule has 0 saturated carbocycles. The number of nitrogens with zero attached hydrogens (tertiary/aromatic N) is 2. The highest BCUT2D eigenvalue weighted by Gasteiger charge is 2.27. The fraction of sp³-hybridized carbons (Fsp3) is 0.933. The summed E-state index contributed by atoms with van der Waals surface area (Å²) < 4.78 is 0. The quantitative estimate of drug-likeness (QED) is 0.834. The minimum Gasteiger partial charge on any atom is -0.341 e. The molecule has 0 aliphatic carbocycles. The van der Waals surface area contributed by atoms with Crippen LogP contribution in [0.2, 0.25) is 0 Å². The van der Waals surface area contributed by atoms with E-state index in [1.165, 1.54) is 32.4 Å². The number of hydrogen-bond donors (Lipinski definition) is 1. The van der Waals surface area contributed by atoms with Gasteiger partial charge in [-0.25, -0.2) is 0 Å². The first-order valence-electron chi connectivity index (χ1n) is 7.99. The van der Waals surface area contributed by atoms with Gasteiger partial charge in [-0.2, -0.15) is 11.8 Å². The van der Waals surface area contributed by atoms with E-state index in [4.69, 9.17) is 5.73 Å². The van der Waals surface area contributed by atoms with Crippen LogP contribution < -0.4 is 5.73 Å². The van der Waals surface area contributed by atoms with E-state index < -0.39 is 0 Å². The zero-order chi connectivity index (χ0) is 14.4. The van der Waals surface area contributed by atoms with E-state index in [0.717, 1.165) is 38.1 Å². The second kappa shape index (κ2) is 9.93. The third-order valence-corrected chi connectivity index (χ3v) is 5.26. The van der Waals surface area contributed by atoms with Crippen LogP contribution in [0.5, 0.6) is 0 Å². The van der Waals surface area contributed by atoms with E-state index in [0.29, 0.717) is 6.04 Å². The molecule has 1 unspecified atom stereocenters. The number of rotatable bonds is 5. The second-order valence-electron chi connectivity index (χ2n) is 6.04. The van der Waals surface area contributed by atoms with Gasteiger partial charge in [-0.15, -0.1) is 12.4 Å². The standard InChI is InChI=1S/C15H29N3OS.ClH/c1-20-12-7-14(16)15(19)18-10-4-5-13(6-11-18)17-8-2-3-9-17;/h13-14H,2-12,16H2,1H3;1H/t13?,14-;/m0./s1. The minimum absolute atomic E-state index is 0. The zero-order valence-electron chi connectivity index (χ0n) is 13.1. The Kier molecular flexibility index (Phi) is 9.02. The molecule has 2 heterocycles. The SMILES string of the molecule is CSCC[C@H](N)C(=O)N1CCCC(N2CCCC2)CC1.Cl. The maximum atomic E-state index is 12.4. The number of carbonyl (C=O) groups excluding carboxylic acids is 1. The van der Waals surface area contributed by atoms with E-state index >= 15 is 0 Å². The number of hydrogen-bond acceptors (Lipinski definition) is 4. The molecule has 2 N–H and O–H groups in total. The highest BCUT2D eigenvalue weighted by molar-refractivity contribution is 7.98. The predicted molar refractivity (Wildman–Crippen MR) is 93.2 cm³/mol. The molecule has 2 fully saturated rings. The van der Waals surface area contributed by atoms with Crippen molar-refractivity contribution in [2.24, 2.45) is 5.73 Å². The lowest BCUT2D eigenvalue weighted by molar-refractivity contribution is -0.132. The number of amides is 1. The van der Waals surface area contributed by atoms with Crippen molar-refractivity contribution in [3.05, 3.63) is 0 Å². The van der Waals surface area contributed by atoms with E-state index in [1.807, 2.05) is 4.90 Å². The van der Waals surface area contributed by atoms with Crippen molar-refractivity contribution in [2.45, 2.75) is 50.6 Å². The number of carbonyl (C=O) groups is 1. The topological polar surface area (TPSA) is 49.6 Å². The third kappa shape index (κ3) is 5.62. The van der Waals surface area contributed by atoms with Gasteiger partial charge in [-0.3, -0.25) is 4.79 Å². The van der Waals surface area contributed by atoms with Gasteiger partial charge in [0.25, 0.3) is 0 Å². The zero-order valence-corrected chi connectivity index (χ0v) is 14.8. The van der Waals surface area contributed by atoms with Gasteiger partial charge in [-0.1, -0.05) is 0 Å². The summed E-state index contributed by atoms with van der Waals surface area (Å²) in [7, 11) is 0. The first kappa shape index (κ1) is 19.1. The average Bonchev–Trinajstić information content (AvgIpc) is 2.88. The Bertz CT molecular complexity index is 313. The monoisotopic (exact) mass is 335 g/mol. The molecule has 0 spiro atoms. The van der Waals surface area contributed by atoms with Crippen molar-refractivity contribution in [1.82, 2.24) is 9.80 Å². The number of thioether (sulfide) groups is 1. The molecule has 0 bridgehead atoms. The van der Waals surface area contributed by atoms with Crippen LogP contribution in [0, 0.1) is 0 Å². The van der Waals surface area contributed by atoms with Crippen LogP contribution in [-0.4, -0.2) is 66.0 Å². The van der Waals surface area contributed by atoms with Crippen LogP contribution in [0.25, 0.3) is 0 Å². The van der Waals surface area contributed by atoms with Gasteiger partial charge in [0, 0.05) is 19.1 Å². The van der Waals surface area contributed by atoms with Gasteiger partial charge in [0.15, 0.2) is 0 Å². The first-order chi connectivity index (χ1) is 9.72. The van der Waals surface area contributed by atoms with Gasteiger partial charge in [-0.05, 0) is 63.6 Å². The second-order valence-corrected chi connectivity index (χ2v) is 7.03. The summed E-state index contributed by atoms with van der Waals surface area (Å²) in [5, 5.41) is 0. The number of nitrogens with two attached hydrogens (primary N) is 1. The normalized spacial score (nSPS) is 25.2. The molecule has 2 aliphatic heterocycles. The van der Waals surface area contributed by atoms with Crippen LogP contribution in [0.4, 0.5) is 0 Å². The Morgan fingerprint density at radius 3 is 2.57 bits per heavy atom. The predicted octanol–water partition coefficient (Wildman–Crippen LogP) is 1.97. The smallest absolute Gasteiger partial charge is 0.239 e. The van der Waals surface area contributed by atoms with Crippen molar-refractivity contribution in [3.63, 3.8) is 0 Å². The first-order valence-corrected chi connectivity index (χ1v) is 9.39. The largest absolute Gasteiger partial charge is 0.341 e. The van der Waals surface area contributed by atoms with Crippen molar-refractivity contribution in [3.8, 4) is 0 Å². The highest BCUT2D eigenvalue weighted by atomic mass is 35.5. The lowest BCUT2D eigenvalue weighted by atomic mass is 10.1. The van der Waals surface area contributed by atoms with E-state index in [1.54, 1.807) is 11.8 Å². The molecule has 0 aromatic rings. The average molecular weight is 336 g/mol. The van der Waals surface area contributed by atoms with Gasteiger partial charge in [0.2, 0.25) is 5.91 Å². The van der Waals surface area contributed by atoms with Crippen molar-refractivity contribution >= 4 is 30.1 Å². The third-order valence-electron chi connectivity index (χ3n) is 4.62. The highest BCUT2D eigenvalue weighted by Crippen LogP contribution is 2.21. The minimum atomic E-state index is -0.300. The Labute approximate surface area is 139 Å². The summed E-state index contributed by atoms with van der Waals surface area (Å²) in [5.74, 6) is 1.14. The van der Waals surface area contributed by atoms with E-state index in [9.17, 15) is 4.79 Å². The molecular formula is C15H30ClN3OS. The van der Waals surface area contributed by atoms with Crippen LogP contribution >= 0.6 is 24.2 Å². The molecule has 21 heavy (non-hydrogen) atoms. The van der Waals surface area contributed by atoms with Crippen LogP contribution in [-0.2, 0) is 4.79 Å². The summed E-state index contributed by atoms with van der Waals surface area (Å²) in [6, 6.07) is 0.392. The van der Waals surface area contributed by atoms with E-state index in [2.05, 4.69) is 11.2 Å². The van der Waals surface area contributed by atoms with Crippen LogP contribution in [0.15, 0.2) is 0 Å². The molecule has 2 atom stereocenters. The fourth-order valence-corrected chi connectivity index (χ4v) is 3.86. The molecule has 4 nitrogen and oxygen atoms in total. The molecular weight excluding hydrogens is 306 g/mol. The molecule has 2 aliphatic rings.